The van der Waals surface area contributed by atoms with Gasteiger partial charge in [-0.15, -0.1) is 0 Å². The molecule has 0 bridgehead atoms. The largest absolute Gasteiger partial charge is 0.330 e. The van der Waals surface area contributed by atoms with Gasteiger partial charge in [-0.2, -0.15) is 0 Å². The molecule has 88 valence electrons. The molecule has 0 amide bonds. The molecule has 0 saturated heterocycles. The number of benzene rings is 2. The zero-order valence-electron chi connectivity index (χ0n) is 9.84. The van der Waals surface area contributed by atoms with Crippen LogP contribution < -0.4 is 11.5 Å². The van der Waals surface area contributed by atoms with Crippen LogP contribution in [0.25, 0.3) is 0 Å². The Morgan fingerprint density at radius 3 is 1.88 bits per heavy atom. The smallest absolute Gasteiger partial charge is 0.0212 e. The third-order valence-electron chi connectivity index (χ3n) is 3.06. The number of hydrogen-bond acceptors (Lipinski definition) is 2. The van der Waals surface area contributed by atoms with Gasteiger partial charge in [0.2, 0.25) is 0 Å². The molecule has 4 N–H and O–H groups in total. The van der Waals surface area contributed by atoms with Gasteiger partial charge in [0.25, 0.3) is 0 Å². The van der Waals surface area contributed by atoms with E-state index < -0.39 is 0 Å². The lowest BCUT2D eigenvalue weighted by Gasteiger charge is -2.16. The summed E-state index contributed by atoms with van der Waals surface area (Å²) in [5.41, 5.74) is 15.1. The summed E-state index contributed by atoms with van der Waals surface area (Å²) >= 11 is 0. The van der Waals surface area contributed by atoms with E-state index in [4.69, 9.17) is 11.5 Å². The van der Waals surface area contributed by atoms with Crippen molar-refractivity contribution in [3.05, 3.63) is 71.3 Å². The lowest BCUT2D eigenvalue weighted by molar-refractivity contribution is 0.818. The first-order chi connectivity index (χ1) is 8.35. The Kier molecular flexibility index (Phi) is 3.91. The van der Waals surface area contributed by atoms with Crippen LogP contribution in [0.3, 0.4) is 0 Å². The molecule has 0 unspecified atom stereocenters. The molecule has 1 atom stereocenters. The summed E-state index contributed by atoms with van der Waals surface area (Å²) in [6.45, 7) is 1.20. The van der Waals surface area contributed by atoms with Crippen molar-refractivity contribution >= 4 is 0 Å². The van der Waals surface area contributed by atoms with Crippen molar-refractivity contribution < 1.29 is 0 Å². The van der Waals surface area contributed by atoms with Crippen molar-refractivity contribution in [2.24, 2.45) is 11.5 Å². The van der Waals surface area contributed by atoms with Gasteiger partial charge >= 0.3 is 0 Å². The maximum atomic E-state index is 5.88. The van der Waals surface area contributed by atoms with Crippen LogP contribution in [0, 0.1) is 0 Å². The maximum Gasteiger partial charge on any atom is 0.0212 e. The van der Waals surface area contributed by atoms with Gasteiger partial charge in [-0.05, 0) is 16.7 Å². The summed E-state index contributed by atoms with van der Waals surface area (Å²) in [4.78, 5) is 0. The van der Waals surface area contributed by atoms with Gasteiger partial charge in [0.15, 0.2) is 0 Å². The van der Waals surface area contributed by atoms with E-state index in [0.717, 1.165) is 5.56 Å². The molecule has 17 heavy (non-hydrogen) atoms. The first kappa shape index (κ1) is 11.8. The quantitative estimate of drug-likeness (QED) is 0.840. The van der Waals surface area contributed by atoms with Crippen molar-refractivity contribution in [3.63, 3.8) is 0 Å². The Balaban J connectivity index is 2.29. The molecular weight excluding hydrogens is 208 g/mol. The molecule has 0 aliphatic heterocycles. The molecule has 2 aromatic rings. The van der Waals surface area contributed by atoms with E-state index >= 15 is 0 Å². The Hall–Kier alpha value is -1.64. The van der Waals surface area contributed by atoms with Crippen molar-refractivity contribution in [1.82, 2.24) is 0 Å². The number of nitrogens with two attached hydrogens (primary N) is 2. The summed E-state index contributed by atoms with van der Waals surface area (Å²) < 4.78 is 0. The van der Waals surface area contributed by atoms with Gasteiger partial charge in [-0.1, -0.05) is 54.6 Å². The first-order valence-corrected chi connectivity index (χ1v) is 5.89. The molecule has 0 fully saturated rings. The van der Waals surface area contributed by atoms with Crippen molar-refractivity contribution in [1.29, 1.82) is 0 Å². The average Bonchev–Trinajstić information content (AvgIpc) is 2.42. The summed E-state index contributed by atoms with van der Waals surface area (Å²) in [7, 11) is 0. The molecule has 0 aliphatic carbocycles. The molecule has 0 aromatic heterocycles. The predicted molar refractivity (Wildman–Crippen MR) is 71.7 cm³/mol. The lowest BCUT2D eigenvalue weighted by Crippen LogP contribution is -2.13. The monoisotopic (exact) mass is 226 g/mol. The highest BCUT2D eigenvalue weighted by atomic mass is 14.5. The van der Waals surface area contributed by atoms with Crippen LogP contribution in [0.15, 0.2) is 54.6 Å². The van der Waals surface area contributed by atoms with Crippen molar-refractivity contribution in [3.8, 4) is 0 Å². The minimum absolute atomic E-state index is 0.267. The maximum absolute atomic E-state index is 5.88. The van der Waals surface area contributed by atoms with Gasteiger partial charge in [0.1, 0.15) is 0 Å². The van der Waals surface area contributed by atoms with Crippen LogP contribution in [0.4, 0.5) is 0 Å². The van der Waals surface area contributed by atoms with Gasteiger partial charge in [-0.25, -0.2) is 0 Å². The second kappa shape index (κ2) is 5.62. The fourth-order valence-electron chi connectivity index (χ4n) is 2.04. The molecule has 2 heteroatoms. The molecule has 0 radical (unpaired) electrons. The fourth-order valence-corrected chi connectivity index (χ4v) is 2.04. The van der Waals surface area contributed by atoms with Crippen LogP contribution in [-0.2, 0) is 6.54 Å². The average molecular weight is 226 g/mol. The van der Waals surface area contributed by atoms with Gasteiger partial charge in [-0.3, -0.25) is 0 Å². The summed E-state index contributed by atoms with van der Waals surface area (Å²) in [6, 6.07) is 18.7. The molecule has 2 nitrogen and oxygen atoms in total. The van der Waals surface area contributed by atoms with Crippen LogP contribution in [0.5, 0.6) is 0 Å². The SMILES string of the molecule is NCc1ccc([C@@H](CN)c2ccccc2)cc1. The molecule has 2 rings (SSSR count). The lowest BCUT2D eigenvalue weighted by atomic mass is 9.91. The normalized spacial score (nSPS) is 12.4. The Bertz CT molecular complexity index is 448. The van der Waals surface area contributed by atoms with Crippen LogP contribution in [0.2, 0.25) is 0 Å². The second-order valence-electron chi connectivity index (χ2n) is 4.14. The highest BCUT2D eigenvalue weighted by Gasteiger charge is 2.11. The van der Waals surface area contributed by atoms with E-state index in [1.54, 1.807) is 0 Å². The van der Waals surface area contributed by atoms with E-state index in [-0.39, 0.29) is 5.92 Å². The Labute approximate surface area is 102 Å². The third-order valence-corrected chi connectivity index (χ3v) is 3.06. The molecule has 0 aliphatic rings. The van der Waals surface area contributed by atoms with E-state index in [9.17, 15) is 0 Å². The van der Waals surface area contributed by atoms with Crippen LogP contribution in [0.1, 0.15) is 22.6 Å². The Morgan fingerprint density at radius 2 is 1.35 bits per heavy atom. The zero-order chi connectivity index (χ0) is 12.1. The van der Waals surface area contributed by atoms with Crippen LogP contribution >= 0.6 is 0 Å². The molecule has 0 heterocycles. The zero-order valence-corrected chi connectivity index (χ0v) is 9.84. The second-order valence-corrected chi connectivity index (χ2v) is 4.14. The van der Waals surface area contributed by atoms with Gasteiger partial charge in [0, 0.05) is 19.0 Å². The van der Waals surface area contributed by atoms with E-state index in [2.05, 4.69) is 36.4 Å². The summed E-state index contributed by atoms with van der Waals surface area (Å²) in [5, 5.41) is 0. The van der Waals surface area contributed by atoms with E-state index in [1.165, 1.54) is 11.1 Å². The van der Waals surface area contributed by atoms with Crippen molar-refractivity contribution in [2.75, 3.05) is 6.54 Å². The molecule has 0 spiro atoms. The Morgan fingerprint density at radius 1 is 0.765 bits per heavy atom. The minimum Gasteiger partial charge on any atom is -0.330 e. The van der Waals surface area contributed by atoms with Crippen LogP contribution in [-0.4, -0.2) is 6.54 Å². The standard InChI is InChI=1S/C15H18N2/c16-10-12-6-8-14(9-7-12)15(11-17)13-4-2-1-3-5-13/h1-9,15H,10-11,16-17H2/t15-/m0/s1. The number of hydrogen-bond donors (Lipinski definition) is 2. The molecular formula is C15H18N2. The van der Waals surface area contributed by atoms with Crippen molar-refractivity contribution in [2.45, 2.75) is 12.5 Å². The minimum atomic E-state index is 0.267. The van der Waals surface area contributed by atoms with E-state index in [0.29, 0.717) is 13.1 Å². The first-order valence-electron chi connectivity index (χ1n) is 5.89. The summed E-state index contributed by atoms with van der Waals surface area (Å²) in [5.74, 6) is 0.267. The van der Waals surface area contributed by atoms with E-state index in [1.807, 2.05) is 18.2 Å². The fraction of sp³-hybridized carbons (Fsp3) is 0.200. The number of rotatable bonds is 4. The highest BCUT2D eigenvalue weighted by Crippen LogP contribution is 2.23. The third kappa shape index (κ3) is 2.73. The predicted octanol–water partition coefficient (Wildman–Crippen LogP) is 2.24. The summed E-state index contributed by atoms with van der Waals surface area (Å²) in [6.07, 6.45) is 0. The molecule has 0 saturated carbocycles. The van der Waals surface area contributed by atoms with Gasteiger partial charge in [0.05, 0.1) is 0 Å². The molecule has 2 aromatic carbocycles. The highest BCUT2D eigenvalue weighted by molar-refractivity contribution is 5.34. The van der Waals surface area contributed by atoms with Gasteiger partial charge < -0.3 is 11.5 Å². The topological polar surface area (TPSA) is 52.0 Å².